The second-order valence-electron chi connectivity index (χ2n) is 5.52. The summed E-state index contributed by atoms with van der Waals surface area (Å²) in [7, 11) is -2.97. The van der Waals surface area contributed by atoms with Gasteiger partial charge in [-0.25, -0.2) is 22.0 Å². The molecule has 0 radical (unpaired) electrons. The van der Waals surface area contributed by atoms with Crippen LogP contribution in [0.2, 0.25) is 0 Å². The molecule has 1 aromatic carbocycles. The van der Waals surface area contributed by atoms with Gasteiger partial charge >= 0.3 is 6.03 Å². The molecule has 2 amide bonds. The number of rotatable bonds is 4. The number of hydrogen-bond acceptors (Lipinski definition) is 3. The first-order valence-corrected chi connectivity index (χ1v) is 8.79. The third kappa shape index (κ3) is 4.40. The third-order valence-corrected chi connectivity index (χ3v) is 5.51. The van der Waals surface area contributed by atoms with E-state index in [1.807, 2.05) is 0 Å². The largest absolute Gasteiger partial charge is 0.338 e. The van der Waals surface area contributed by atoms with Gasteiger partial charge in [-0.3, -0.25) is 0 Å². The van der Waals surface area contributed by atoms with Gasteiger partial charge in [-0.15, -0.1) is 0 Å². The van der Waals surface area contributed by atoms with Gasteiger partial charge in [0.25, 0.3) is 0 Å². The number of sulfone groups is 1. The molecule has 0 spiro atoms. The summed E-state index contributed by atoms with van der Waals surface area (Å²) >= 11 is 0. The summed E-state index contributed by atoms with van der Waals surface area (Å²) < 4.78 is 48.6. The van der Waals surface area contributed by atoms with Gasteiger partial charge in [0, 0.05) is 6.54 Å². The lowest BCUT2D eigenvalue weighted by molar-refractivity contribution is 0.236. The van der Waals surface area contributed by atoms with Crippen molar-refractivity contribution in [1.29, 1.82) is 0 Å². The Hall–Kier alpha value is -1.70. The van der Waals surface area contributed by atoms with Crippen LogP contribution in [0.25, 0.3) is 0 Å². The summed E-state index contributed by atoms with van der Waals surface area (Å²) in [5.74, 6) is -1.74. The highest BCUT2D eigenvalue weighted by atomic mass is 32.2. The number of carbonyl (C=O) groups is 1. The van der Waals surface area contributed by atoms with Gasteiger partial charge < -0.3 is 10.6 Å². The van der Waals surface area contributed by atoms with Crippen molar-refractivity contribution in [3.63, 3.8) is 0 Å². The normalized spacial score (nSPS) is 21.3. The molecule has 2 N–H and O–H groups in total. The topological polar surface area (TPSA) is 75.3 Å². The fourth-order valence-corrected chi connectivity index (χ4v) is 4.24. The lowest BCUT2D eigenvalue weighted by atomic mass is 10.1. The molecule has 1 heterocycles. The van der Waals surface area contributed by atoms with Crippen molar-refractivity contribution in [2.75, 3.05) is 18.1 Å². The molecule has 0 saturated carbocycles. The minimum atomic E-state index is -2.97. The first-order chi connectivity index (χ1) is 10.3. The van der Waals surface area contributed by atoms with Gasteiger partial charge in [0.2, 0.25) is 0 Å². The molecule has 1 fully saturated rings. The number of nitrogens with one attached hydrogen (secondary N) is 2. The van der Waals surface area contributed by atoms with E-state index in [1.165, 1.54) is 6.07 Å². The smallest absolute Gasteiger partial charge is 0.315 e. The van der Waals surface area contributed by atoms with Gasteiger partial charge in [0.05, 0.1) is 17.5 Å². The van der Waals surface area contributed by atoms with E-state index in [4.69, 9.17) is 0 Å². The standard InChI is InChI=1S/C14H18F2N2O3S/c1-9(11-2-3-12(15)13(16)6-11)18-14(19)17-7-10-4-5-22(20,21)8-10/h2-3,6,9-10H,4-5,7-8H2,1H3,(H2,17,18,19). The van der Waals surface area contributed by atoms with Crippen LogP contribution >= 0.6 is 0 Å². The molecule has 5 nitrogen and oxygen atoms in total. The van der Waals surface area contributed by atoms with Crippen LogP contribution in [0.5, 0.6) is 0 Å². The summed E-state index contributed by atoms with van der Waals surface area (Å²) in [6, 6.07) is 2.46. The van der Waals surface area contributed by atoms with Gasteiger partial charge in [-0.05, 0) is 37.0 Å². The van der Waals surface area contributed by atoms with Gasteiger partial charge in [0.1, 0.15) is 0 Å². The molecule has 1 aliphatic rings. The Kier molecular flexibility index (Phi) is 5.00. The second kappa shape index (κ2) is 6.60. The molecule has 1 aromatic rings. The van der Waals surface area contributed by atoms with E-state index in [0.717, 1.165) is 12.1 Å². The predicted octanol–water partition coefficient (Wildman–Crippen LogP) is 1.76. The maximum absolute atomic E-state index is 13.1. The highest BCUT2D eigenvalue weighted by Crippen LogP contribution is 2.18. The fourth-order valence-electron chi connectivity index (χ4n) is 2.38. The third-order valence-electron chi connectivity index (χ3n) is 3.67. The zero-order valence-electron chi connectivity index (χ0n) is 12.1. The van der Waals surface area contributed by atoms with Crippen LogP contribution in [0.4, 0.5) is 13.6 Å². The average molecular weight is 332 g/mol. The second-order valence-corrected chi connectivity index (χ2v) is 7.75. The zero-order valence-corrected chi connectivity index (χ0v) is 12.9. The number of halogens is 2. The quantitative estimate of drug-likeness (QED) is 0.882. The molecule has 22 heavy (non-hydrogen) atoms. The molecule has 0 aromatic heterocycles. The van der Waals surface area contributed by atoms with Crippen LogP contribution < -0.4 is 10.6 Å². The highest BCUT2D eigenvalue weighted by Gasteiger charge is 2.28. The van der Waals surface area contributed by atoms with Crippen LogP contribution in [0.15, 0.2) is 18.2 Å². The molecule has 8 heteroatoms. The van der Waals surface area contributed by atoms with E-state index < -0.39 is 33.5 Å². The van der Waals surface area contributed by atoms with Crippen LogP contribution in [-0.4, -0.2) is 32.5 Å². The minimum absolute atomic E-state index is 0.0747. The Morgan fingerprint density at radius 2 is 2.09 bits per heavy atom. The Bertz CT molecular complexity index is 664. The van der Waals surface area contributed by atoms with Crippen molar-refractivity contribution in [1.82, 2.24) is 10.6 Å². The molecule has 2 unspecified atom stereocenters. The van der Waals surface area contributed by atoms with E-state index in [-0.39, 0.29) is 24.0 Å². The van der Waals surface area contributed by atoms with Gasteiger partial charge in [-0.2, -0.15) is 0 Å². The molecule has 0 aliphatic carbocycles. The van der Waals surface area contributed by atoms with Crippen molar-refractivity contribution in [2.24, 2.45) is 5.92 Å². The number of hydrogen-bond donors (Lipinski definition) is 2. The Balaban J connectivity index is 1.82. The van der Waals surface area contributed by atoms with Gasteiger partial charge in [0.15, 0.2) is 21.5 Å². The molecular weight excluding hydrogens is 314 g/mol. The monoisotopic (exact) mass is 332 g/mol. The number of benzene rings is 1. The highest BCUT2D eigenvalue weighted by molar-refractivity contribution is 7.91. The molecule has 1 aliphatic heterocycles. The molecule has 1 saturated heterocycles. The van der Waals surface area contributed by atoms with Crippen molar-refractivity contribution in [2.45, 2.75) is 19.4 Å². The number of amides is 2. The van der Waals surface area contributed by atoms with Crippen LogP contribution in [0.1, 0.15) is 24.9 Å². The van der Waals surface area contributed by atoms with Crippen LogP contribution in [0.3, 0.4) is 0 Å². The fraction of sp³-hybridized carbons (Fsp3) is 0.500. The first-order valence-electron chi connectivity index (χ1n) is 6.96. The molecule has 0 bridgehead atoms. The molecule has 122 valence electrons. The molecule has 2 atom stereocenters. The Labute approximate surface area is 128 Å². The van der Waals surface area contributed by atoms with E-state index in [2.05, 4.69) is 10.6 Å². The Morgan fingerprint density at radius 3 is 2.68 bits per heavy atom. The maximum atomic E-state index is 13.1. The van der Waals surface area contributed by atoms with E-state index >= 15 is 0 Å². The van der Waals surface area contributed by atoms with E-state index in [0.29, 0.717) is 12.0 Å². The number of carbonyl (C=O) groups excluding carboxylic acids is 1. The van der Waals surface area contributed by atoms with E-state index in [9.17, 15) is 22.0 Å². The molecular formula is C14H18F2N2O3S. The van der Waals surface area contributed by atoms with Crippen molar-refractivity contribution in [3.8, 4) is 0 Å². The summed E-state index contributed by atoms with van der Waals surface area (Å²) in [4.78, 5) is 11.8. The van der Waals surface area contributed by atoms with Crippen molar-refractivity contribution >= 4 is 15.9 Å². The average Bonchev–Trinajstić information content (AvgIpc) is 2.79. The summed E-state index contributed by atoms with van der Waals surface area (Å²) in [6.07, 6.45) is 0.543. The summed E-state index contributed by atoms with van der Waals surface area (Å²) in [5, 5.41) is 5.21. The predicted molar refractivity (Wildman–Crippen MR) is 78.1 cm³/mol. The maximum Gasteiger partial charge on any atom is 0.315 e. The SMILES string of the molecule is CC(NC(=O)NCC1CCS(=O)(=O)C1)c1ccc(F)c(F)c1. The number of urea groups is 1. The first kappa shape index (κ1) is 16.7. The summed E-state index contributed by atoms with van der Waals surface area (Å²) in [6.45, 7) is 1.92. The van der Waals surface area contributed by atoms with Gasteiger partial charge in [-0.1, -0.05) is 6.07 Å². The zero-order chi connectivity index (χ0) is 16.3. The van der Waals surface area contributed by atoms with Crippen LogP contribution in [-0.2, 0) is 9.84 Å². The minimum Gasteiger partial charge on any atom is -0.338 e. The van der Waals surface area contributed by atoms with E-state index in [1.54, 1.807) is 6.92 Å². The lowest BCUT2D eigenvalue weighted by Gasteiger charge is -2.16. The lowest BCUT2D eigenvalue weighted by Crippen LogP contribution is -2.39. The van der Waals surface area contributed by atoms with Crippen molar-refractivity contribution in [3.05, 3.63) is 35.4 Å². The Morgan fingerprint density at radius 1 is 1.36 bits per heavy atom. The molecule has 2 rings (SSSR count). The van der Waals surface area contributed by atoms with Crippen molar-refractivity contribution < 1.29 is 22.0 Å². The summed E-state index contributed by atoms with van der Waals surface area (Å²) in [5.41, 5.74) is 0.442. The van der Waals surface area contributed by atoms with Crippen LogP contribution in [0, 0.1) is 17.6 Å².